The first-order chi connectivity index (χ1) is 10.0. The molecule has 130 valence electrons. The molecule has 1 heterocycles. The molecule has 0 bridgehead atoms. The Hall–Kier alpha value is -0.820. The van der Waals surface area contributed by atoms with Gasteiger partial charge in [-0.3, -0.25) is 4.18 Å². The van der Waals surface area contributed by atoms with Crippen LogP contribution in [0.3, 0.4) is 0 Å². The van der Waals surface area contributed by atoms with Crippen molar-refractivity contribution in [3.05, 3.63) is 0 Å². The largest absolute Gasteiger partial charge is 0.449 e. The summed E-state index contributed by atoms with van der Waals surface area (Å²) >= 11 is 0. The number of nitrogens with zero attached hydrogens (tertiary/aromatic N) is 1. The molecular formula is C15H29NO5S. The highest BCUT2D eigenvalue weighted by Crippen LogP contribution is 2.35. The average molecular weight is 335 g/mol. The maximum Gasteiger partial charge on any atom is 0.410 e. The van der Waals surface area contributed by atoms with Gasteiger partial charge in [-0.15, -0.1) is 0 Å². The lowest BCUT2D eigenvalue weighted by Crippen LogP contribution is -2.43. The Labute approximate surface area is 134 Å². The van der Waals surface area contributed by atoms with Gasteiger partial charge in [0.2, 0.25) is 0 Å². The van der Waals surface area contributed by atoms with Gasteiger partial charge in [0.25, 0.3) is 10.1 Å². The molecule has 22 heavy (non-hydrogen) atoms. The molecule has 0 spiro atoms. The molecule has 7 heteroatoms. The Bertz CT molecular complexity index is 472. The van der Waals surface area contributed by atoms with Crippen molar-refractivity contribution >= 4 is 16.2 Å². The summed E-state index contributed by atoms with van der Waals surface area (Å²) in [6, 6.07) is 0. The van der Waals surface area contributed by atoms with Gasteiger partial charge in [0.1, 0.15) is 0 Å². The lowest BCUT2D eigenvalue weighted by atomic mass is 9.93. The summed E-state index contributed by atoms with van der Waals surface area (Å²) < 4.78 is 31.9. The SMILES string of the molecule is CC(C)COC(=O)N1CC(CCCOS(C)(=O)=O)CC1(C)C. The van der Waals surface area contributed by atoms with E-state index in [2.05, 4.69) is 0 Å². The van der Waals surface area contributed by atoms with Gasteiger partial charge >= 0.3 is 6.09 Å². The molecule has 1 fully saturated rings. The van der Waals surface area contributed by atoms with Crippen molar-refractivity contribution in [3.8, 4) is 0 Å². The fourth-order valence-corrected chi connectivity index (χ4v) is 3.22. The molecule has 0 aromatic carbocycles. The van der Waals surface area contributed by atoms with Crippen molar-refractivity contribution in [2.24, 2.45) is 11.8 Å². The molecule has 0 saturated carbocycles. The van der Waals surface area contributed by atoms with Gasteiger partial charge < -0.3 is 9.64 Å². The topological polar surface area (TPSA) is 72.9 Å². The summed E-state index contributed by atoms with van der Waals surface area (Å²) in [5.74, 6) is 0.670. The summed E-state index contributed by atoms with van der Waals surface area (Å²) in [7, 11) is -3.37. The van der Waals surface area contributed by atoms with Crippen LogP contribution in [0.2, 0.25) is 0 Å². The Morgan fingerprint density at radius 1 is 1.36 bits per heavy atom. The summed E-state index contributed by atoms with van der Waals surface area (Å²) in [6.45, 7) is 9.38. The van der Waals surface area contributed by atoms with E-state index in [-0.39, 0.29) is 18.2 Å². The van der Waals surface area contributed by atoms with E-state index < -0.39 is 10.1 Å². The Balaban J connectivity index is 2.43. The van der Waals surface area contributed by atoms with Crippen molar-refractivity contribution in [2.75, 3.05) is 26.0 Å². The van der Waals surface area contributed by atoms with E-state index in [9.17, 15) is 13.2 Å². The summed E-state index contributed by atoms with van der Waals surface area (Å²) in [4.78, 5) is 14.0. The predicted octanol–water partition coefficient (Wildman–Crippen LogP) is 2.64. The number of hydrogen-bond donors (Lipinski definition) is 0. The molecule has 0 aromatic heterocycles. The molecule has 0 aliphatic carbocycles. The molecule has 1 rings (SSSR count). The van der Waals surface area contributed by atoms with Crippen LogP contribution in [0.4, 0.5) is 4.79 Å². The smallest absolute Gasteiger partial charge is 0.410 e. The third-order valence-corrected chi connectivity index (χ3v) is 4.37. The standard InChI is InChI=1S/C15H29NO5S/c1-12(2)11-20-14(17)16-10-13(9-15(16,3)4)7-6-8-21-22(5,18)19/h12-13H,6-11H2,1-5H3. The number of rotatable bonds is 7. The first-order valence-electron chi connectivity index (χ1n) is 7.80. The van der Waals surface area contributed by atoms with Crippen molar-refractivity contribution in [2.45, 2.75) is 52.5 Å². The molecule has 1 saturated heterocycles. The molecule has 1 aliphatic heterocycles. The zero-order valence-electron chi connectivity index (χ0n) is 14.3. The fraction of sp³-hybridized carbons (Fsp3) is 0.933. The second-order valence-electron chi connectivity index (χ2n) is 7.13. The number of likely N-dealkylation sites (tertiary alicyclic amines) is 1. The van der Waals surface area contributed by atoms with Crippen LogP contribution in [0.15, 0.2) is 0 Å². The minimum Gasteiger partial charge on any atom is -0.449 e. The highest BCUT2D eigenvalue weighted by Gasteiger charge is 2.41. The normalized spacial score (nSPS) is 21.4. The lowest BCUT2D eigenvalue weighted by molar-refractivity contribution is 0.0718. The summed E-state index contributed by atoms with van der Waals surface area (Å²) in [5.41, 5.74) is -0.226. The lowest BCUT2D eigenvalue weighted by Gasteiger charge is -2.30. The molecule has 1 unspecified atom stereocenters. The van der Waals surface area contributed by atoms with Crippen LogP contribution in [0.1, 0.15) is 47.0 Å². The van der Waals surface area contributed by atoms with Crippen LogP contribution in [-0.2, 0) is 19.0 Å². The highest BCUT2D eigenvalue weighted by molar-refractivity contribution is 7.85. The Morgan fingerprint density at radius 2 is 2.00 bits per heavy atom. The van der Waals surface area contributed by atoms with Gasteiger partial charge in [-0.1, -0.05) is 13.8 Å². The maximum atomic E-state index is 12.2. The van der Waals surface area contributed by atoms with E-state index in [0.29, 0.717) is 31.4 Å². The second-order valence-corrected chi connectivity index (χ2v) is 8.78. The van der Waals surface area contributed by atoms with Crippen LogP contribution in [-0.4, -0.2) is 51.0 Å². The van der Waals surface area contributed by atoms with Crippen molar-refractivity contribution < 1.29 is 22.1 Å². The van der Waals surface area contributed by atoms with Crippen LogP contribution in [0.25, 0.3) is 0 Å². The van der Waals surface area contributed by atoms with E-state index in [0.717, 1.165) is 19.1 Å². The van der Waals surface area contributed by atoms with Crippen LogP contribution < -0.4 is 0 Å². The number of carbonyl (C=O) groups is 1. The Morgan fingerprint density at radius 3 is 2.55 bits per heavy atom. The van der Waals surface area contributed by atoms with Gasteiger partial charge in [-0.2, -0.15) is 8.42 Å². The molecule has 1 amide bonds. The molecule has 0 radical (unpaired) electrons. The van der Waals surface area contributed by atoms with Gasteiger partial charge in [0.15, 0.2) is 0 Å². The highest BCUT2D eigenvalue weighted by atomic mass is 32.2. The van der Waals surface area contributed by atoms with Gasteiger partial charge in [0, 0.05) is 12.1 Å². The molecular weight excluding hydrogens is 306 g/mol. The first-order valence-corrected chi connectivity index (χ1v) is 9.62. The monoisotopic (exact) mass is 335 g/mol. The average Bonchev–Trinajstić information content (AvgIpc) is 2.66. The number of amides is 1. The third kappa shape index (κ3) is 6.52. The van der Waals surface area contributed by atoms with E-state index in [1.807, 2.05) is 27.7 Å². The summed E-state index contributed by atoms with van der Waals surface area (Å²) in [6.07, 6.45) is 3.20. The predicted molar refractivity (Wildman–Crippen MR) is 85.1 cm³/mol. The first kappa shape index (κ1) is 19.2. The zero-order chi connectivity index (χ0) is 17.0. The van der Waals surface area contributed by atoms with E-state index in [1.54, 1.807) is 4.90 Å². The third-order valence-electron chi connectivity index (χ3n) is 3.77. The molecule has 0 N–H and O–H groups in total. The summed E-state index contributed by atoms with van der Waals surface area (Å²) in [5, 5.41) is 0. The van der Waals surface area contributed by atoms with Gasteiger partial charge in [-0.25, -0.2) is 4.79 Å². The van der Waals surface area contributed by atoms with Crippen molar-refractivity contribution in [1.29, 1.82) is 0 Å². The van der Waals surface area contributed by atoms with E-state index in [1.165, 1.54) is 0 Å². The van der Waals surface area contributed by atoms with E-state index >= 15 is 0 Å². The fourth-order valence-electron chi connectivity index (χ4n) is 2.80. The van der Waals surface area contributed by atoms with Gasteiger partial charge in [-0.05, 0) is 44.9 Å². The van der Waals surface area contributed by atoms with Crippen molar-refractivity contribution in [3.63, 3.8) is 0 Å². The van der Waals surface area contributed by atoms with Gasteiger partial charge in [0.05, 0.1) is 19.5 Å². The van der Waals surface area contributed by atoms with Crippen LogP contribution in [0.5, 0.6) is 0 Å². The number of hydrogen-bond acceptors (Lipinski definition) is 5. The number of ether oxygens (including phenoxy) is 1. The van der Waals surface area contributed by atoms with Crippen LogP contribution in [0, 0.1) is 11.8 Å². The second kappa shape index (κ2) is 7.64. The molecule has 6 nitrogen and oxygen atoms in total. The number of carbonyl (C=O) groups excluding carboxylic acids is 1. The quantitative estimate of drug-likeness (QED) is 0.528. The van der Waals surface area contributed by atoms with Crippen molar-refractivity contribution in [1.82, 2.24) is 4.90 Å². The van der Waals surface area contributed by atoms with E-state index in [4.69, 9.17) is 8.92 Å². The zero-order valence-corrected chi connectivity index (χ0v) is 15.1. The van der Waals surface area contributed by atoms with Crippen LogP contribution >= 0.6 is 0 Å². The molecule has 1 atom stereocenters. The molecule has 1 aliphatic rings. The Kier molecular flexibility index (Phi) is 6.67. The minimum atomic E-state index is -3.37. The maximum absolute atomic E-state index is 12.2. The molecule has 0 aromatic rings. The minimum absolute atomic E-state index is 0.202.